The molecule has 0 atom stereocenters. The van der Waals surface area contributed by atoms with E-state index in [0.29, 0.717) is 5.56 Å². The number of carboxylic acid groups (broad SMARTS) is 1. The normalized spacial score (nSPS) is 10.4. The Labute approximate surface area is 98.5 Å². The van der Waals surface area contributed by atoms with Gasteiger partial charge < -0.3 is 10.0 Å². The average molecular weight is 241 g/mol. The van der Waals surface area contributed by atoms with Crippen LogP contribution in [0, 0.1) is 0 Å². The lowest BCUT2D eigenvalue weighted by molar-refractivity contribution is -0.137. The number of carbonyl (C=O) groups excluding carboxylic acids is 1. The Morgan fingerprint density at radius 2 is 2.19 bits per heavy atom. The molecule has 1 amide bonds. The molecule has 0 saturated heterocycles. The average Bonchev–Trinajstić information content (AvgIpc) is 2.69. The molecule has 1 aromatic rings. The van der Waals surface area contributed by atoms with Gasteiger partial charge in [0, 0.05) is 18.0 Å². The summed E-state index contributed by atoms with van der Waals surface area (Å²) in [6, 6.07) is 1.76. The molecule has 1 rings (SSSR count). The van der Waals surface area contributed by atoms with Crippen LogP contribution in [-0.2, 0) is 4.79 Å². The zero-order valence-electron chi connectivity index (χ0n) is 9.34. The Morgan fingerprint density at radius 3 is 2.62 bits per heavy atom. The van der Waals surface area contributed by atoms with E-state index in [1.807, 2.05) is 19.2 Å². The lowest BCUT2D eigenvalue weighted by atomic mass is 10.2. The third-order valence-corrected chi connectivity index (χ3v) is 2.90. The van der Waals surface area contributed by atoms with Gasteiger partial charge in [-0.1, -0.05) is 0 Å². The van der Waals surface area contributed by atoms with E-state index < -0.39 is 5.97 Å². The SMILES string of the molecule is CC(C)N(CCC(=O)O)C(=O)c1ccsc1. The highest BCUT2D eigenvalue weighted by molar-refractivity contribution is 7.08. The highest BCUT2D eigenvalue weighted by Crippen LogP contribution is 2.12. The van der Waals surface area contributed by atoms with Crippen molar-refractivity contribution in [2.75, 3.05) is 6.54 Å². The van der Waals surface area contributed by atoms with Crippen LogP contribution in [0.4, 0.5) is 0 Å². The first-order valence-electron chi connectivity index (χ1n) is 5.07. The maximum Gasteiger partial charge on any atom is 0.305 e. The molecule has 0 radical (unpaired) electrons. The van der Waals surface area contributed by atoms with E-state index in [2.05, 4.69) is 0 Å². The van der Waals surface area contributed by atoms with E-state index in [1.54, 1.807) is 16.3 Å². The molecule has 1 heterocycles. The minimum absolute atomic E-state index is 0.00625. The van der Waals surface area contributed by atoms with Gasteiger partial charge in [0.25, 0.3) is 5.91 Å². The van der Waals surface area contributed by atoms with Gasteiger partial charge in [-0.3, -0.25) is 9.59 Å². The Morgan fingerprint density at radius 1 is 1.50 bits per heavy atom. The molecule has 0 aromatic carbocycles. The number of rotatable bonds is 5. The summed E-state index contributed by atoms with van der Waals surface area (Å²) in [5.41, 5.74) is 0.629. The summed E-state index contributed by atoms with van der Waals surface area (Å²) in [5.74, 6) is -0.985. The van der Waals surface area contributed by atoms with Gasteiger partial charge in [-0.25, -0.2) is 0 Å². The van der Waals surface area contributed by atoms with Crippen LogP contribution in [0.5, 0.6) is 0 Å². The minimum Gasteiger partial charge on any atom is -0.481 e. The Hall–Kier alpha value is -1.36. The summed E-state index contributed by atoms with van der Waals surface area (Å²) in [6.07, 6.45) is -0.0198. The standard InChI is InChI=1S/C11H15NO3S/c1-8(2)12(5-3-10(13)14)11(15)9-4-6-16-7-9/h4,6-8H,3,5H2,1-2H3,(H,13,14). The first-order valence-corrected chi connectivity index (χ1v) is 6.01. The first-order chi connectivity index (χ1) is 7.52. The van der Waals surface area contributed by atoms with E-state index in [-0.39, 0.29) is 24.9 Å². The molecule has 1 aromatic heterocycles. The molecule has 0 bridgehead atoms. The van der Waals surface area contributed by atoms with Gasteiger partial charge in [-0.05, 0) is 25.3 Å². The molecule has 5 heteroatoms. The fraction of sp³-hybridized carbons (Fsp3) is 0.455. The molecule has 1 N–H and O–H groups in total. The van der Waals surface area contributed by atoms with Crippen molar-refractivity contribution >= 4 is 23.2 Å². The molecule has 4 nitrogen and oxygen atoms in total. The Balaban J connectivity index is 2.70. The van der Waals surface area contributed by atoms with E-state index in [9.17, 15) is 9.59 Å². The largest absolute Gasteiger partial charge is 0.481 e. The summed E-state index contributed by atoms with van der Waals surface area (Å²) in [7, 11) is 0. The number of hydrogen-bond donors (Lipinski definition) is 1. The van der Waals surface area contributed by atoms with Crippen molar-refractivity contribution in [1.29, 1.82) is 0 Å². The highest BCUT2D eigenvalue weighted by atomic mass is 32.1. The smallest absolute Gasteiger partial charge is 0.305 e. The molecule has 0 fully saturated rings. The molecule has 0 unspecified atom stereocenters. The number of hydrogen-bond acceptors (Lipinski definition) is 3. The second kappa shape index (κ2) is 5.65. The van der Waals surface area contributed by atoms with Crippen LogP contribution in [0.2, 0.25) is 0 Å². The first kappa shape index (κ1) is 12.7. The van der Waals surface area contributed by atoms with E-state index in [1.165, 1.54) is 11.3 Å². The molecule has 16 heavy (non-hydrogen) atoms. The summed E-state index contributed by atoms with van der Waals surface area (Å²) in [5, 5.41) is 12.2. The quantitative estimate of drug-likeness (QED) is 0.858. The molecule has 0 aliphatic carbocycles. The van der Waals surface area contributed by atoms with Crippen LogP contribution in [0.15, 0.2) is 16.8 Å². The maximum absolute atomic E-state index is 12.0. The molecule has 0 saturated carbocycles. The van der Waals surface area contributed by atoms with Crippen LogP contribution in [-0.4, -0.2) is 34.5 Å². The zero-order valence-corrected chi connectivity index (χ0v) is 10.2. The van der Waals surface area contributed by atoms with Gasteiger partial charge in [-0.15, -0.1) is 0 Å². The maximum atomic E-state index is 12.0. The van der Waals surface area contributed by atoms with E-state index in [4.69, 9.17) is 5.11 Å². The van der Waals surface area contributed by atoms with Crippen molar-refractivity contribution < 1.29 is 14.7 Å². The van der Waals surface area contributed by atoms with Crippen molar-refractivity contribution in [3.8, 4) is 0 Å². The van der Waals surface area contributed by atoms with Crippen molar-refractivity contribution in [1.82, 2.24) is 4.90 Å². The fourth-order valence-electron chi connectivity index (χ4n) is 1.36. The summed E-state index contributed by atoms with van der Waals surface area (Å²) in [6.45, 7) is 4.01. The van der Waals surface area contributed by atoms with Gasteiger partial charge >= 0.3 is 5.97 Å². The van der Waals surface area contributed by atoms with Crippen molar-refractivity contribution in [3.63, 3.8) is 0 Å². The lowest BCUT2D eigenvalue weighted by Gasteiger charge is -2.25. The zero-order chi connectivity index (χ0) is 12.1. The van der Waals surface area contributed by atoms with Crippen LogP contribution in [0.25, 0.3) is 0 Å². The molecular formula is C11H15NO3S. The predicted octanol–water partition coefficient (Wildman–Crippen LogP) is 2.07. The van der Waals surface area contributed by atoms with Gasteiger partial charge in [0.2, 0.25) is 0 Å². The van der Waals surface area contributed by atoms with Gasteiger partial charge in [-0.2, -0.15) is 11.3 Å². The van der Waals surface area contributed by atoms with Gasteiger partial charge in [0.1, 0.15) is 0 Å². The topological polar surface area (TPSA) is 57.6 Å². The highest BCUT2D eigenvalue weighted by Gasteiger charge is 2.19. The minimum atomic E-state index is -0.885. The molecular weight excluding hydrogens is 226 g/mol. The summed E-state index contributed by atoms with van der Waals surface area (Å²) in [4.78, 5) is 24.1. The van der Waals surface area contributed by atoms with Crippen molar-refractivity contribution in [2.24, 2.45) is 0 Å². The summed E-state index contributed by atoms with van der Waals surface area (Å²) < 4.78 is 0. The molecule has 0 spiro atoms. The van der Waals surface area contributed by atoms with Crippen LogP contribution in [0.3, 0.4) is 0 Å². The summed E-state index contributed by atoms with van der Waals surface area (Å²) >= 11 is 1.46. The fourth-order valence-corrected chi connectivity index (χ4v) is 1.99. The molecule has 0 aliphatic rings. The van der Waals surface area contributed by atoms with Crippen LogP contribution in [0.1, 0.15) is 30.6 Å². The number of carbonyl (C=O) groups is 2. The number of amides is 1. The third-order valence-electron chi connectivity index (χ3n) is 2.22. The monoisotopic (exact) mass is 241 g/mol. The number of thiophene rings is 1. The van der Waals surface area contributed by atoms with Gasteiger partial charge in [0.05, 0.1) is 12.0 Å². The Bertz CT molecular complexity index is 359. The predicted molar refractivity (Wildman–Crippen MR) is 62.7 cm³/mol. The molecule has 88 valence electrons. The second-order valence-electron chi connectivity index (χ2n) is 3.75. The third kappa shape index (κ3) is 3.34. The van der Waals surface area contributed by atoms with Crippen molar-refractivity contribution in [2.45, 2.75) is 26.3 Å². The molecule has 0 aliphatic heterocycles. The van der Waals surface area contributed by atoms with Gasteiger partial charge in [0.15, 0.2) is 0 Å². The Kier molecular flexibility index (Phi) is 4.49. The van der Waals surface area contributed by atoms with Crippen LogP contribution >= 0.6 is 11.3 Å². The van der Waals surface area contributed by atoms with Crippen LogP contribution < -0.4 is 0 Å². The van der Waals surface area contributed by atoms with E-state index >= 15 is 0 Å². The second-order valence-corrected chi connectivity index (χ2v) is 4.53. The number of nitrogens with zero attached hydrogens (tertiary/aromatic N) is 1. The number of carboxylic acids is 1. The number of aliphatic carboxylic acids is 1. The van der Waals surface area contributed by atoms with E-state index in [0.717, 1.165) is 0 Å². The lowest BCUT2D eigenvalue weighted by Crippen LogP contribution is -2.38. The van der Waals surface area contributed by atoms with Crippen molar-refractivity contribution in [3.05, 3.63) is 22.4 Å².